The number of carbonyl (C=O) groups excluding carboxylic acids is 1. The third-order valence-electron chi connectivity index (χ3n) is 4.29. The molecule has 2 atom stereocenters. The van der Waals surface area contributed by atoms with E-state index in [2.05, 4.69) is 5.32 Å². The molecule has 0 bridgehead atoms. The van der Waals surface area contributed by atoms with Gasteiger partial charge in [0, 0.05) is 11.3 Å². The Hall–Kier alpha value is -2.40. The van der Waals surface area contributed by atoms with Crippen LogP contribution in [-0.4, -0.2) is 25.6 Å². The van der Waals surface area contributed by atoms with E-state index >= 15 is 0 Å². The molecule has 0 saturated carbocycles. The SMILES string of the molecule is CCOc1ccc(C[NH+](C)[C@@H](C)C(=O)Nc2ccc(C)c(F)c2)cc1. The van der Waals surface area contributed by atoms with Gasteiger partial charge in [0.05, 0.1) is 13.7 Å². The molecule has 2 N–H and O–H groups in total. The van der Waals surface area contributed by atoms with Crippen LogP contribution in [0.25, 0.3) is 0 Å². The number of quaternary nitrogens is 1. The van der Waals surface area contributed by atoms with Gasteiger partial charge in [-0.3, -0.25) is 4.79 Å². The number of amides is 1. The van der Waals surface area contributed by atoms with E-state index < -0.39 is 0 Å². The minimum Gasteiger partial charge on any atom is -0.494 e. The second-order valence-electron chi connectivity index (χ2n) is 6.27. The van der Waals surface area contributed by atoms with E-state index in [-0.39, 0.29) is 17.8 Å². The van der Waals surface area contributed by atoms with Crippen molar-refractivity contribution in [1.82, 2.24) is 0 Å². The zero-order valence-corrected chi connectivity index (χ0v) is 15.2. The molecule has 0 aliphatic carbocycles. The molecule has 1 amide bonds. The van der Waals surface area contributed by atoms with E-state index in [1.165, 1.54) is 6.07 Å². The normalized spacial score (nSPS) is 13.2. The van der Waals surface area contributed by atoms with Crippen molar-refractivity contribution < 1.29 is 18.8 Å². The summed E-state index contributed by atoms with van der Waals surface area (Å²) in [5, 5.41) is 2.78. The van der Waals surface area contributed by atoms with Crippen molar-refractivity contribution in [3.8, 4) is 5.75 Å². The number of aryl methyl sites for hydroxylation is 1. The molecule has 0 saturated heterocycles. The van der Waals surface area contributed by atoms with E-state index in [1.54, 1.807) is 19.1 Å². The lowest BCUT2D eigenvalue weighted by Gasteiger charge is -2.21. The smallest absolute Gasteiger partial charge is 0.282 e. The zero-order chi connectivity index (χ0) is 18.4. The first-order chi connectivity index (χ1) is 11.9. The Morgan fingerprint density at radius 2 is 1.92 bits per heavy atom. The number of nitrogens with one attached hydrogen (secondary N) is 2. The first-order valence-corrected chi connectivity index (χ1v) is 8.51. The third kappa shape index (κ3) is 5.29. The minimum atomic E-state index is -0.319. The maximum absolute atomic E-state index is 13.6. The summed E-state index contributed by atoms with van der Waals surface area (Å²) in [6, 6.07) is 12.3. The van der Waals surface area contributed by atoms with Crippen molar-refractivity contribution in [2.75, 3.05) is 19.0 Å². The lowest BCUT2D eigenvalue weighted by Crippen LogP contribution is -3.12. The molecule has 2 aromatic carbocycles. The molecule has 5 heteroatoms. The number of anilines is 1. The highest BCUT2D eigenvalue weighted by Crippen LogP contribution is 2.14. The summed E-state index contributed by atoms with van der Waals surface area (Å²) in [6.45, 7) is 6.86. The van der Waals surface area contributed by atoms with Crippen molar-refractivity contribution in [2.45, 2.75) is 33.4 Å². The fourth-order valence-electron chi connectivity index (χ4n) is 2.49. The highest BCUT2D eigenvalue weighted by Gasteiger charge is 2.22. The van der Waals surface area contributed by atoms with Gasteiger partial charge in [0.2, 0.25) is 0 Å². The highest BCUT2D eigenvalue weighted by molar-refractivity contribution is 5.93. The predicted octanol–water partition coefficient (Wildman–Crippen LogP) is 2.57. The number of carbonyl (C=O) groups is 1. The van der Waals surface area contributed by atoms with Gasteiger partial charge in [-0.25, -0.2) is 4.39 Å². The zero-order valence-electron chi connectivity index (χ0n) is 15.2. The Kier molecular flexibility index (Phi) is 6.53. The molecule has 0 aliphatic heterocycles. The van der Waals surface area contributed by atoms with Crippen LogP contribution < -0.4 is 15.0 Å². The van der Waals surface area contributed by atoms with Crippen molar-refractivity contribution in [3.05, 3.63) is 59.4 Å². The minimum absolute atomic E-state index is 0.133. The van der Waals surface area contributed by atoms with E-state index in [0.29, 0.717) is 24.4 Å². The van der Waals surface area contributed by atoms with Crippen molar-refractivity contribution in [3.63, 3.8) is 0 Å². The van der Waals surface area contributed by atoms with Crippen LogP contribution in [0.2, 0.25) is 0 Å². The number of rotatable bonds is 7. The molecule has 1 unspecified atom stereocenters. The van der Waals surface area contributed by atoms with Crippen molar-refractivity contribution >= 4 is 11.6 Å². The summed E-state index contributed by atoms with van der Waals surface area (Å²) in [6.07, 6.45) is 0. The quantitative estimate of drug-likeness (QED) is 0.810. The van der Waals surface area contributed by atoms with E-state index in [0.717, 1.165) is 16.2 Å². The average Bonchev–Trinajstić information content (AvgIpc) is 2.59. The van der Waals surface area contributed by atoms with Crippen LogP contribution >= 0.6 is 0 Å². The summed E-state index contributed by atoms with van der Waals surface area (Å²) in [5.41, 5.74) is 2.17. The van der Waals surface area contributed by atoms with Gasteiger partial charge >= 0.3 is 0 Å². The molecule has 0 heterocycles. The summed E-state index contributed by atoms with van der Waals surface area (Å²) < 4.78 is 19.0. The van der Waals surface area contributed by atoms with Crippen LogP contribution in [-0.2, 0) is 11.3 Å². The number of likely N-dealkylation sites (N-methyl/N-ethyl adjacent to an activating group) is 1. The fraction of sp³-hybridized carbons (Fsp3) is 0.350. The Labute approximate surface area is 148 Å². The molecule has 0 aliphatic rings. The molecule has 0 aromatic heterocycles. The molecule has 2 aromatic rings. The molecule has 4 nitrogen and oxygen atoms in total. The van der Waals surface area contributed by atoms with E-state index in [9.17, 15) is 9.18 Å². The van der Waals surface area contributed by atoms with Crippen LogP contribution in [0.4, 0.5) is 10.1 Å². The summed E-state index contributed by atoms with van der Waals surface area (Å²) in [5.74, 6) is 0.392. The second-order valence-corrected chi connectivity index (χ2v) is 6.27. The number of hydrogen-bond acceptors (Lipinski definition) is 2. The van der Waals surface area contributed by atoms with Crippen molar-refractivity contribution in [2.24, 2.45) is 0 Å². The fourth-order valence-corrected chi connectivity index (χ4v) is 2.49. The molecule has 134 valence electrons. The Balaban J connectivity index is 1.94. The standard InChI is InChI=1S/C20H25FN2O2/c1-5-25-18-10-7-16(8-11-18)13-23(4)15(3)20(24)22-17-9-6-14(2)19(21)12-17/h6-12,15H,5,13H2,1-4H3,(H,22,24)/p+1/t15-/m0/s1. The number of halogens is 1. The first kappa shape index (κ1) is 18.9. The Morgan fingerprint density at radius 3 is 2.52 bits per heavy atom. The highest BCUT2D eigenvalue weighted by atomic mass is 19.1. The van der Waals surface area contributed by atoms with Gasteiger partial charge < -0.3 is 15.0 Å². The van der Waals surface area contributed by atoms with Gasteiger partial charge in [-0.2, -0.15) is 0 Å². The van der Waals surface area contributed by atoms with Crippen LogP contribution in [0, 0.1) is 12.7 Å². The maximum Gasteiger partial charge on any atom is 0.282 e. The van der Waals surface area contributed by atoms with Gasteiger partial charge in [0.25, 0.3) is 5.91 Å². The lowest BCUT2D eigenvalue weighted by molar-refractivity contribution is -0.907. The molecule has 0 fully saturated rings. The number of benzene rings is 2. The summed E-state index contributed by atoms with van der Waals surface area (Å²) in [7, 11) is 1.97. The molecule has 2 rings (SSSR count). The van der Waals surface area contributed by atoms with Gasteiger partial charge in [-0.15, -0.1) is 0 Å². The third-order valence-corrected chi connectivity index (χ3v) is 4.29. The molecular formula is C20H26FN2O2+. The van der Waals surface area contributed by atoms with Crippen molar-refractivity contribution in [1.29, 1.82) is 0 Å². The van der Waals surface area contributed by atoms with E-state index in [4.69, 9.17) is 4.74 Å². The molecule has 25 heavy (non-hydrogen) atoms. The van der Waals surface area contributed by atoms with Gasteiger partial charge in [-0.1, -0.05) is 6.07 Å². The summed E-state index contributed by atoms with van der Waals surface area (Å²) >= 11 is 0. The monoisotopic (exact) mass is 345 g/mol. The van der Waals surface area contributed by atoms with Gasteiger partial charge in [0.1, 0.15) is 18.1 Å². The Morgan fingerprint density at radius 1 is 1.24 bits per heavy atom. The number of ether oxygens (including phenoxy) is 1. The van der Waals surface area contributed by atoms with Crippen LogP contribution in [0.1, 0.15) is 25.0 Å². The first-order valence-electron chi connectivity index (χ1n) is 8.51. The van der Waals surface area contributed by atoms with Gasteiger partial charge in [0.15, 0.2) is 6.04 Å². The molecule has 0 radical (unpaired) electrons. The lowest BCUT2D eigenvalue weighted by atomic mass is 10.1. The average molecular weight is 345 g/mol. The van der Waals surface area contributed by atoms with Crippen LogP contribution in [0.15, 0.2) is 42.5 Å². The molecular weight excluding hydrogens is 319 g/mol. The largest absolute Gasteiger partial charge is 0.494 e. The second kappa shape index (κ2) is 8.62. The molecule has 0 spiro atoms. The predicted molar refractivity (Wildman–Crippen MR) is 97.4 cm³/mol. The number of hydrogen-bond donors (Lipinski definition) is 2. The van der Waals surface area contributed by atoms with Crippen LogP contribution in [0.5, 0.6) is 5.75 Å². The topological polar surface area (TPSA) is 42.8 Å². The van der Waals surface area contributed by atoms with Gasteiger partial charge in [-0.05, 0) is 62.7 Å². The van der Waals surface area contributed by atoms with Crippen LogP contribution in [0.3, 0.4) is 0 Å². The van der Waals surface area contributed by atoms with E-state index in [1.807, 2.05) is 45.2 Å². The summed E-state index contributed by atoms with van der Waals surface area (Å²) in [4.78, 5) is 13.5. The Bertz CT molecular complexity index is 716. The maximum atomic E-state index is 13.6.